The second-order valence-corrected chi connectivity index (χ2v) is 5.61. The Morgan fingerprint density at radius 2 is 1.47 bits per heavy atom. The maximum absolute atomic E-state index is 12.6. The zero-order valence-corrected chi connectivity index (χ0v) is 10.9. The van der Waals surface area contributed by atoms with Gasteiger partial charge in [-0.05, 0) is 12.1 Å². The van der Waals surface area contributed by atoms with Crippen molar-refractivity contribution in [2.75, 3.05) is 0 Å². The highest BCUT2D eigenvalue weighted by molar-refractivity contribution is 14.2. The first-order valence-electron chi connectivity index (χ1n) is 4.32. The lowest BCUT2D eigenvalue weighted by molar-refractivity contribution is -0.138. The molecule has 10 heteroatoms. The molecule has 0 aliphatic carbocycles. The SMILES string of the molecule is O=C(O)c1cc(C(F)(F)F)c(C(=O)O)cc1I(=O)=O. The highest BCUT2D eigenvalue weighted by Crippen LogP contribution is 2.35. The smallest absolute Gasteiger partial charge is 0.417 e. The van der Waals surface area contributed by atoms with Gasteiger partial charge in [0, 0.05) is 0 Å². The van der Waals surface area contributed by atoms with Gasteiger partial charge in [0.15, 0.2) is 0 Å². The normalized spacial score (nSPS) is 11.6. The fourth-order valence-corrected chi connectivity index (χ4v) is 2.70. The molecule has 0 saturated heterocycles. The van der Waals surface area contributed by atoms with Gasteiger partial charge in [0.25, 0.3) is 0 Å². The number of hydrogen-bond donors (Lipinski definition) is 2. The molecule has 1 aromatic carbocycles. The van der Waals surface area contributed by atoms with Crippen LogP contribution in [-0.2, 0) is 12.3 Å². The molecule has 0 saturated carbocycles. The number of carboxylic acid groups (broad SMARTS) is 2. The summed E-state index contributed by atoms with van der Waals surface area (Å²) in [7, 11) is 0. The predicted molar refractivity (Wildman–Crippen MR) is 59.5 cm³/mol. The molecule has 0 aliphatic rings. The third-order valence-electron chi connectivity index (χ3n) is 2.04. The largest absolute Gasteiger partial charge is 0.478 e. The number of halogens is 4. The minimum Gasteiger partial charge on any atom is -0.478 e. The number of rotatable bonds is 3. The first kappa shape index (κ1) is 15.3. The van der Waals surface area contributed by atoms with Gasteiger partial charge in [-0.3, -0.25) is 0 Å². The van der Waals surface area contributed by atoms with Crippen LogP contribution in [0.5, 0.6) is 0 Å². The molecule has 1 aromatic rings. The molecule has 0 spiro atoms. The van der Waals surface area contributed by atoms with Crippen molar-refractivity contribution in [2.45, 2.75) is 6.18 Å². The van der Waals surface area contributed by atoms with Gasteiger partial charge in [0.2, 0.25) is 0 Å². The Balaban J connectivity index is 3.80. The van der Waals surface area contributed by atoms with Gasteiger partial charge in [0.1, 0.15) is 0 Å². The maximum Gasteiger partial charge on any atom is 0.417 e. The lowest BCUT2D eigenvalue weighted by Gasteiger charge is -2.11. The van der Waals surface area contributed by atoms with E-state index in [1.807, 2.05) is 0 Å². The average molecular weight is 392 g/mol. The second kappa shape index (κ2) is 5.11. The number of aromatic carboxylic acids is 2. The number of carboxylic acids is 2. The van der Waals surface area contributed by atoms with Crippen LogP contribution in [0.25, 0.3) is 0 Å². The first-order chi connectivity index (χ1) is 8.55. The highest BCUT2D eigenvalue weighted by atomic mass is 127. The van der Waals surface area contributed by atoms with Crippen LogP contribution in [0, 0.1) is 3.57 Å². The molecule has 0 unspecified atom stereocenters. The Bertz CT molecular complexity index is 624. The van der Waals surface area contributed by atoms with Crippen LogP contribution >= 0.6 is 19.8 Å². The van der Waals surface area contributed by atoms with E-state index in [4.69, 9.17) is 10.2 Å². The van der Waals surface area contributed by atoms with Crippen LogP contribution < -0.4 is 0 Å². The van der Waals surface area contributed by atoms with Gasteiger partial charge >= 0.3 is 37.9 Å². The van der Waals surface area contributed by atoms with Gasteiger partial charge in [0.05, 0.1) is 20.3 Å². The Morgan fingerprint density at radius 3 is 1.79 bits per heavy atom. The predicted octanol–water partition coefficient (Wildman–Crippen LogP) is 2.47. The molecule has 0 bridgehead atoms. The topological polar surface area (TPSA) is 109 Å². The Labute approximate surface area is 110 Å². The maximum atomic E-state index is 12.6. The molecule has 0 atom stereocenters. The lowest BCUT2D eigenvalue weighted by Crippen LogP contribution is -2.16. The second-order valence-electron chi connectivity index (χ2n) is 3.20. The summed E-state index contributed by atoms with van der Waals surface area (Å²) in [5.74, 6) is -3.88. The highest BCUT2D eigenvalue weighted by Gasteiger charge is 2.37. The van der Waals surface area contributed by atoms with Crippen molar-refractivity contribution in [1.82, 2.24) is 0 Å². The third-order valence-corrected chi connectivity index (χ3v) is 3.88. The first-order valence-corrected chi connectivity index (χ1v) is 7.17. The minimum absolute atomic E-state index is 0.0153. The molecule has 0 heterocycles. The molecule has 6 nitrogen and oxygen atoms in total. The van der Waals surface area contributed by atoms with E-state index in [9.17, 15) is 28.9 Å². The molecule has 0 fully saturated rings. The molecule has 0 radical (unpaired) electrons. The summed E-state index contributed by atoms with van der Waals surface area (Å²) < 4.78 is 58.6. The Hall–Kier alpha value is -1.72. The molecule has 1 rings (SSSR count). The van der Waals surface area contributed by atoms with Gasteiger partial charge in [-0.1, -0.05) is 0 Å². The Kier molecular flexibility index (Phi) is 4.12. The van der Waals surface area contributed by atoms with Crippen LogP contribution in [0.15, 0.2) is 12.1 Å². The van der Waals surface area contributed by atoms with E-state index in [1.54, 1.807) is 0 Å². The van der Waals surface area contributed by atoms with Crippen molar-refractivity contribution in [3.63, 3.8) is 0 Å². The van der Waals surface area contributed by atoms with E-state index in [0.29, 0.717) is 0 Å². The van der Waals surface area contributed by atoms with E-state index in [-0.39, 0.29) is 12.1 Å². The quantitative estimate of drug-likeness (QED) is 0.766. The molecule has 2 N–H and O–H groups in total. The van der Waals surface area contributed by atoms with E-state index < -0.39 is 58.2 Å². The van der Waals surface area contributed by atoms with Gasteiger partial charge in [-0.2, -0.15) is 13.2 Å². The van der Waals surface area contributed by atoms with Crippen LogP contribution in [0.1, 0.15) is 26.3 Å². The summed E-state index contributed by atoms with van der Waals surface area (Å²) in [6.45, 7) is 0. The van der Waals surface area contributed by atoms with E-state index >= 15 is 0 Å². The zero-order chi connectivity index (χ0) is 15.0. The monoisotopic (exact) mass is 392 g/mol. The zero-order valence-electron chi connectivity index (χ0n) is 8.69. The minimum atomic E-state index is -5.11. The van der Waals surface area contributed by atoms with E-state index in [2.05, 4.69) is 0 Å². The van der Waals surface area contributed by atoms with Gasteiger partial charge in [-0.15, -0.1) is 0 Å². The molecule has 104 valence electrons. The molecular formula is C9H4F3IO6. The summed E-state index contributed by atoms with van der Waals surface area (Å²) in [5.41, 5.74) is -4.10. The van der Waals surface area contributed by atoms with Crippen molar-refractivity contribution >= 4 is 31.7 Å². The van der Waals surface area contributed by atoms with Crippen molar-refractivity contribution in [3.05, 3.63) is 32.4 Å². The third kappa shape index (κ3) is 3.19. The van der Waals surface area contributed by atoms with Crippen LogP contribution in [0.3, 0.4) is 0 Å². The van der Waals surface area contributed by atoms with Crippen molar-refractivity contribution < 1.29 is 39.1 Å². The van der Waals surface area contributed by atoms with E-state index in [1.165, 1.54) is 0 Å². The van der Waals surface area contributed by atoms with E-state index in [0.717, 1.165) is 0 Å². The van der Waals surface area contributed by atoms with Crippen LogP contribution in [0.4, 0.5) is 13.2 Å². The fraction of sp³-hybridized carbons (Fsp3) is 0.111. The molecule has 0 aliphatic heterocycles. The summed E-state index contributed by atoms with van der Waals surface area (Å²) >= 11 is -4.45. The number of hydrogen-bond acceptors (Lipinski definition) is 4. The average Bonchev–Trinajstić information content (AvgIpc) is 2.25. The lowest BCUT2D eigenvalue weighted by atomic mass is 10.0. The van der Waals surface area contributed by atoms with Crippen molar-refractivity contribution in [1.29, 1.82) is 0 Å². The van der Waals surface area contributed by atoms with Gasteiger partial charge < -0.3 is 10.2 Å². The van der Waals surface area contributed by atoms with Crippen molar-refractivity contribution in [3.8, 4) is 0 Å². The summed E-state index contributed by atoms with van der Waals surface area (Å²) in [6, 6.07) is 0.237. The Morgan fingerprint density at radius 1 is 1.00 bits per heavy atom. The van der Waals surface area contributed by atoms with Crippen LogP contribution in [-0.4, -0.2) is 22.2 Å². The molecule has 19 heavy (non-hydrogen) atoms. The number of alkyl halides is 3. The summed E-state index contributed by atoms with van der Waals surface area (Å²) in [6.07, 6.45) is -5.11. The standard InChI is InChI=1S/C9H4F3IO6/c10-9(11,12)5-1-4(8(16)17)6(13(18)19)2-3(5)7(14)15/h1-2H,(H,14,15)(H,16,17). The number of carbonyl (C=O) groups is 2. The fourth-order valence-electron chi connectivity index (χ4n) is 1.28. The summed E-state index contributed by atoms with van der Waals surface area (Å²) in [5, 5.41) is 17.3. The van der Waals surface area contributed by atoms with Gasteiger partial charge in [-0.25, -0.2) is 15.7 Å². The molecule has 0 amide bonds. The van der Waals surface area contributed by atoms with Crippen LogP contribution in [0.2, 0.25) is 0 Å². The molecule has 0 aromatic heterocycles. The molecular weight excluding hydrogens is 388 g/mol. The number of benzene rings is 1. The summed E-state index contributed by atoms with van der Waals surface area (Å²) in [4.78, 5) is 21.4. The van der Waals surface area contributed by atoms with Crippen molar-refractivity contribution in [2.24, 2.45) is 0 Å².